The van der Waals surface area contributed by atoms with E-state index in [0.717, 1.165) is 35.3 Å². The second-order valence-electron chi connectivity index (χ2n) is 7.66. The molecule has 1 fully saturated rings. The van der Waals surface area contributed by atoms with Gasteiger partial charge < -0.3 is 15.0 Å². The third-order valence-corrected chi connectivity index (χ3v) is 5.55. The van der Waals surface area contributed by atoms with Crippen molar-refractivity contribution in [1.82, 2.24) is 20.0 Å². The molecule has 2 aromatic heterocycles. The van der Waals surface area contributed by atoms with E-state index in [9.17, 15) is 14.4 Å². The van der Waals surface area contributed by atoms with E-state index in [0.29, 0.717) is 10.8 Å². The van der Waals surface area contributed by atoms with Crippen molar-refractivity contribution in [2.24, 2.45) is 5.92 Å². The van der Waals surface area contributed by atoms with Crippen LogP contribution in [0.25, 0.3) is 10.2 Å². The molecule has 2 heterocycles. The van der Waals surface area contributed by atoms with Crippen LogP contribution in [-0.4, -0.2) is 58.7 Å². The molecule has 0 unspecified atom stereocenters. The van der Waals surface area contributed by atoms with Crippen molar-refractivity contribution in [2.75, 3.05) is 20.2 Å². The zero-order chi connectivity index (χ0) is 20.4. The summed E-state index contributed by atoms with van der Waals surface area (Å²) in [6.45, 7) is 6.46. The lowest BCUT2D eigenvalue weighted by molar-refractivity contribution is -0.137. The summed E-state index contributed by atoms with van der Waals surface area (Å²) in [6, 6.07) is 2.01. The van der Waals surface area contributed by atoms with Gasteiger partial charge in [-0.3, -0.25) is 14.3 Å². The van der Waals surface area contributed by atoms with Crippen LogP contribution in [0.4, 0.5) is 0 Å². The Morgan fingerprint density at radius 1 is 1.39 bits per heavy atom. The number of nitrogens with one attached hydrogen (secondary N) is 1. The molecule has 152 valence electrons. The highest BCUT2D eigenvalue weighted by atomic mass is 32.1. The standard InChI is InChI=1S/C19H26N4O4S/c1-11(2)8-23-18-14(12(3)21-23)7-15(28-18)19(26)27-10-17(25)22(4)9-16(24)20-13-5-6-13/h7,11,13H,5-6,8-10H2,1-4H3,(H,20,24). The van der Waals surface area contributed by atoms with E-state index in [1.807, 2.05) is 11.6 Å². The van der Waals surface area contributed by atoms with Crippen molar-refractivity contribution < 1.29 is 19.1 Å². The highest BCUT2D eigenvalue weighted by Crippen LogP contribution is 2.29. The number of nitrogens with zero attached hydrogens (tertiary/aromatic N) is 3. The number of esters is 1. The Hall–Kier alpha value is -2.42. The average Bonchev–Trinajstić information content (AvgIpc) is 3.22. The van der Waals surface area contributed by atoms with Crippen LogP contribution in [-0.2, 0) is 20.9 Å². The Balaban J connectivity index is 1.56. The molecule has 0 bridgehead atoms. The van der Waals surface area contributed by atoms with Crippen LogP contribution < -0.4 is 5.32 Å². The van der Waals surface area contributed by atoms with Crippen LogP contribution in [0.2, 0.25) is 0 Å². The molecule has 8 nitrogen and oxygen atoms in total. The van der Waals surface area contributed by atoms with Gasteiger partial charge in [0.1, 0.15) is 9.71 Å². The number of hydrogen-bond acceptors (Lipinski definition) is 6. The summed E-state index contributed by atoms with van der Waals surface area (Å²) in [4.78, 5) is 38.9. The molecule has 0 aromatic carbocycles. The van der Waals surface area contributed by atoms with E-state index in [2.05, 4.69) is 24.3 Å². The Labute approximate surface area is 167 Å². The number of fused-ring (bicyclic) bond motifs is 1. The number of ether oxygens (including phenoxy) is 1. The summed E-state index contributed by atoms with van der Waals surface area (Å²) in [7, 11) is 1.52. The second-order valence-corrected chi connectivity index (χ2v) is 8.69. The summed E-state index contributed by atoms with van der Waals surface area (Å²) in [5.41, 5.74) is 0.864. The Morgan fingerprint density at radius 2 is 2.11 bits per heavy atom. The van der Waals surface area contributed by atoms with Gasteiger partial charge in [-0.15, -0.1) is 11.3 Å². The topological polar surface area (TPSA) is 93.5 Å². The van der Waals surface area contributed by atoms with Crippen LogP contribution in [0.5, 0.6) is 0 Å². The largest absolute Gasteiger partial charge is 0.451 e. The molecule has 1 aliphatic carbocycles. The lowest BCUT2D eigenvalue weighted by Gasteiger charge is -2.16. The molecule has 0 atom stereocenters. The molecule has 0 spiro atoms. The molecule has 2 aromatic rings. The van der Waals surface area contributed by atoms with Gasteiger partial charge in [0.15, 0.2) is 6.61 Å². The van der Waals surface area contributed by atoms with Crippen LogP contribution in [0.15, 0.2) is 6.07 Å². The predicted molar refractivity (Wildman–Crippen MR) is 106 cm³/mol. The van der Waals surface area contributed by atoms with E-state index < -0.39 is 18.5 Å². The fourth-order valence-electron chi connectivity index (χ4n) is 2.80. The number of amides is 2. The van der Waals surface area contributed by atoms with Crippen LogP contribution in [0, 0.1) is 12.8 Å². The van der Waals surface area contributed by atoms with Crippen molar-refractivity contribution in [2.45, 2.75) is 46.2 Å². The molecule has 1 saturated carbocycles. The highest BCUT2D eigenvalue weighted by molar-refractivity contribution is 7.20. The van der Waals surface area contributed by atoms with Gasteiger partial charge >= 0.3 is 5.97 Å². The first-order chi connectivity index (χ1) is 13.2. The van der Waals surface area contributed by atoms with Gasteiger partial charge in [-0.25, -0.2) is 4.79 Å². The van der Waals surface area contributed by atoms with Gasteiger partial charge in [0.05, 0.1) is 12.2 Å². The smallest absolute Gasteiger partial charge is 0.348 e. The Bertz CT molecular complexity index is 897. The summed E-state index contributed by atoms with van der Waals surface area (Å²) < 4.78 is 7.08. The summed E-state index contributed by atoms with van der Waals surface area (Å²) >= 11 is 1.32. The fourth-order valence-corrected chi connectivity index (χ4v) is 3.86. The summed E-state index contributed by atoms with van der Waals surface area (Å²) in [5.74, 6) is -0.715. The maximum atomic E-state index is 12.4. The van der Waals surface area contributed by atoms with Crippen molar-refractivity contribution in [3.05, 3.63) is 16.6 Å². The molecule has 0 radical (unpaired) electrons. The number of aromatic nitrogens is 2. The SMILES string of the molecule is Cc1nn(CC(C)C)c2sc(C(=O)OCC(=O)N(C)CC(=O)NC3CC3)cc12. The van der Waals surface area contributed by atoms with Gasteiger partial charge in [0.2, 0.25) is 5.91 Å². The molecule has 2 amide bonds. The third-order valence-electron chi connectivity index (χ3n) is 4.42. The zero-order valence-corrected chi connectivity index (χ0v) is 17.5. The second kappa shape index (κ2) is 8.30. The molecule has 0 aliphatic heterocycles. The molecule has 9 heteroatoms. The number of carbonyl (C=O) groups excluding carboxylic acids is 3. The van der Waals surface area contributed by atoms with Gasteiger partial charge in [-0.05, 0) is 31.7 Å². The number of carbonyl (C=O) groups is 3. The van der Waals surface area contributed by atoms with E-state index >= 15 is 0 Å². The predicted octanol–water partition coefficient (Wildman–Crippen LogP) is 1.96. The van der Waals surface area contributed by atoms with Gasteiger partial charge in [-0.1, -0.05) is 13.8 Å². The number of hydrogen-bond donors (Lipinski definition) is 1. The van der Waals surface area contributed by atoms with Gasteiger partial charge in [0, 0.05) is 25.0 Å². The van der Waals surface area contributed by atoms with Crippen LogP contribution in [0.3, 0.4) is 0 Å². The van der Waals surface area contributed by atoms with Gasteiger partial charge in [-0.2, -0.15) is 5.10 Å². The minimum atomic E-state index is -0.541. The van der Waals surface area contributed by atoms with E-state index in [1.54, 1.807) is 6.07 Å². The maximum Gasteiger partial charge on any atom is 0.348 e. The van der Waals surface area contributed by atoms with Crippen LogP contribution in [0.1, 0.15) is 42.1 Å². The molecule has 1 N–H and O–H groups in total. The molecular formula is C19H26N4O4S. The minimum Gasteiger partial charge on any atom is -0.451 e. The summed E-state index contributed by atoms with van der Waals surface area (Å²) in [5, 5.41) is 8.26. The Morgan fingerprint density at radius 3 is 2.75 bits per heavy atom. The van der Waals surface area contributed by atoms with E-state index in [1.165, 1.54) is 23.3 Å². The lowest BCUT2D eigenvalue weighted by atomic mass is 10.2. The quantitative estimate of drug-likeness (QED) is 0.677. The first-order valence-corrected chi connectivity index (χ1v) is 10.2. The van der Waals surface area contributed by atoms with E-state index in [4.69, 9.17) is 4.74 Å². The van der Waals surface area contributed by atoms with Crippen molar-refractivity contribution in [1.29, 1.82) is 0 Å². The summed E-state index contributed by atoms with van der Waals surface area (Å²) in [6.07, 6.45) is 1.98. The highest BCUT2D eigenvalue weighted by Gasteiger charge is 2.25. The third kappa shape index (κ3) is 4.89. The number of rotatable bonds is 8. The zero-order valence-electron chi connectivity index (χ0n) is 16.7. The van der Waals surface area contributed by atoms with Crippen molar-refractivity contribution >= 4 is 39.3 Å². The van der Waals surface area contributed by atoms with Crippen LogP contribution >= 0.6 is 11.3 Å². The molecule has 1 aliphatic rings. The maximum absolute atomic E-state index is 12.4. The molecule has 0 saturated heterocycles. The number of likely N-dealkylation sites (N-methyl/N-ethyl adjacent to an activating group) is 1. The average molecular weight is 407 g/mol. The minimum absolute atomic E-state index is 0.0417. The Kier molecular flexibility index (Phi) is 6.02. The van der Waals surface area contributed by atoms with Crippen molar-refractivity contribution in [3.63, 3.8) is 0 Å². The molecular weight excluding hydrogens is 380 g/mol. The number of aryl methyl sites for hydroxylation is 1. The normalized spacial score (nSPS) is 13.8. The monoisotopic (exact) mass is 406 g/mol. The van der Waals surface area contributed by atoms with E-state index in [-0.39, 0.29) is 18.5 Å². The molecule has 3 rings (SSSR count). The first-order valence-electron chi connectivity index (χ1n) is 9.42. The first kappa shape index (κ1) is 20.3. The van der Waals surface area contributed by atoms with Gasteiger partial charge in [0.25, 0.3) is 5.91 Å². The molecule has 28 heavy (non-hydrogen) atoms. The number of thiophene rings is 1. The fraction of sp³-hybridized carbons (Fsp3) is 0.579. The lowest BCUT2D eigenvalue weighted by Crippen LogP contribution is -2.40. The van der Waals surface area contributed by atoms with Crippen molar-refractivity contribution in [3.8, 4) is 0 Å².